The van der Waals surface area contributed by atoms with Gasteiger partial charge in [0.2, 0.25) is 5.13 Å². The summed E-state index contributed by atoms with van der Waals surface area (Å²) in [5.74, 6) is 0.520. The number of hydrogen-bond donors (Lipinski definition) is 0. The number of aromatic nitrogens is 2. The number of ether oxygens (including phenoxy) is 1. The highest BCUT2D eigenvalue weighted by molar-refractivity contribution is 7.18. The van der Waals surface area contributed by atoms with Crippen LogP contribution in [0.25, 0.3) is 10.6 Å². The molecular formula is C20H20ClN3O2S. The molecule has 27 heavy (non-hydrogen) atoms. The smallest absolute Gasteiger partial charge is 0.266 e. The first-order chi connectivity index (χ1) is 13.1. The van der Waals surface area contributed by atoms with E-state index in [-0.39, 0.29) is 12.5 Å². The SMILES string of the molecule is CCc1ccc(OCC(=O)N(CC)c2nnc(-c3ccc(Cl)cc3)s2)cc1. The fourth-order valence-corrected chi connectivity index (χ4v) is 3.55. The van der Waals surface area contributed by atoms with Gasteiger partial charge in [-0.25, -0.2) is 0 Å². The third-order valence-corrected chi connectivity index (χ3v) is 5.29. The minimum atomic E-state index is -0.157. The summed E-state index contributed by atoms with van der Waals surface area (Å²) in [5.41, 5.74) is 2.14. The molecule has 5 nitrogen and oxygen atoms in total. The Morgan fingerprint density at radius 2 is 1.78 bits per heavy atom. The van der Waals surface area contributed by atoms with Gasteiger partial charge in [-0.05, 0) is 43.2 Å². The molecule has 0 saturated carbocycles. The Hall–Kier alpha value is -2.44. The fourth-order valence-electron chi connectivity index (χ4n) is 2.50. The van der Waals surface area contributed by atoms with Gasteiger partial charge >= 0.3 is 0 Å². The molecule has 0 spiro atoms. The third-order valence-electron chi connectivity index (χ3n) is 4.05. The topological polar surface area (TPSA) is 55.3 Å². The van der Waals surface area contributed by atoms with Gasteiger partial charge in [0.05, 0.1) is 0 Å². The molecule has 0 atom stereocenters. The average molecular weight is 402 g/mol. The molecule has 1 amide bonds. The second-order valence-electron chi connectivity index (χ2n) is 5.82. The van der Waals surface area contributed by atoms with Crippen LogP contribution in [0.3, 0.4) is 0 Å². The van der Waals surface area contributed by atoms with Gasteiger partial charge in [-0.3, -0.25) is 9.69 Å². The van der Waals surface area contributed by atoms with Crippen LogP contribution in [0.15, 0.2) is 48.5 Å². The van der Waals surface area contributed by atoms with E-state index in [1.54, 1.807) is 17.0 Å². The second-order valence-corrected chi connectivity index (χ2v) is 7.21. The number of nitrogens with zero attached hydrogens (tertiary/aromatic N) is 3. The summed E-state index contributed by atoms with van der Waals surface area (Å²) in [6.07, 6.45) is 0.968. The minimum Gasteiger partial charge on any atom is -0.484 e. The first-order valence-corrected chi connectivity index (χ1v) is 9.91. The van der Waals surface area contributed by atoms with Crippen molar-refractivity contribution in [3.63, 3.8) is 0 Å². The Kier molecular flexibility index (Phi) is 6.42. The van der Waals surface area contributed by atoms with Gasteiger partial charge in [-0.1, -0.05) is 54.1 Å². The van der Waals surface area contributed by atoms with E-state index in [9.17, 15) is 4.79 Å². The first kappa shape index (κ1) is 19.3. The summed E-state index contributed by atoms with van der Waals surface area (Å²) >= 11 is 7.29. The quantitative estimate of drug-likeness (QED) is 0.567. The predicted molar refractivity (Wildman–Crippen MR) is 110 cm³/mol. The standard InChI is InChI=1S/C20H20ClN3O2S/c1-3-14-5-11-17(12-6-14)26-13-18(25)24(4-2)20-23-22-19(27-20)15-7-9-16(21)10-8-15/h5-12H,3-4,13H2,1-2H3. The lowest BCUT2D eigenvalue weighted by Gasteiger charge is -2.17. The zero-order valence-electron chi connectivity index (χ0n) is 15.2. The maximum absolute atomic E-state index is 12.6. The van der Waals surface area contributed by atoms with E-state index < -0.39 is 0 Å². The van der Waals surface area contributed by atoms with E-state index in [1.165, 1.54) is 16.9 Å². The molecule has 3 aromatic rings. The Labute approximate surface area is 167 Å². The number of likely N-dealkylation sites (N-methyl/N-ethyl adjacent to an activating group) is 1. The van der Waals surface area contributed by atoms with Crippen LogP contribution in [0.5, 0.6) is 5.75 Å². The summed E-state index contributed by atoms with van der Waals surface area (Å²) in [7, 11) is 0. The Morgan fingerprint density at radius 3 is 2.41 bits per heavy atom. The van der Waals surface area contributed by atoms with Crippen molar-refractivity contribution in [1.82, 2.24) is 10.2 Å². The number of carbonyl (C=O) groups excluding carboxylic acids is 1. The van der Waals surface area contributed by atoms with E-state index in [1.807, 2.05) is 43.3 Å². The van der Waals surface area contributed by atoms with Crippen molar-refractivity contribution in [2.24, 2.45) is 0 Å². The molecule has 0 unspecified atom stereocenters. The van der Waals surface area contributed by atoms with Crippen LogP contribution >= 0.6 is 22.9 Å². The van der Waals surface area contributed by atoms with E-state index >= 15 is 0 Å². The Balaban J connectivity index is 1.66. The zero-order chi connectivity index (χ0) is 19.2. The lowest BCUT2D eigenvalue weighted by molar-refractivity contribution is -0.120. The molecule has 0 N–H and O–H groups in total. The van der Waals surface area contributed by atoms with Crippen molar-refractivity contribution in [2.45, 2.75) is 20.3 Å². The fraction of sp³-hybridized carbons (Fsp3) is 0.250. The summed E-state index contributed by atoms with van der Waals surface area (Å²) in [6, 6.07) is 15.1. The Morgan fingerprint density at radius 1 is 1.07 bits per heavy atom. The highest BCUT2D eigenvalue weighted by Crippen LogP contribution is 2.29. The summed E-state index contributed by atoms with van der Waals surface area (Å²) in [5, 5.41) is 10.3. The third kappa shape index (κ3) is 4.84. The maximum Gasteiger partial charge on any atom is 0.266 e. The van der Waals surface area contributed by atoms with Crippen LogP contribution in [0.1, 0.15) is 19.4 Å². The molecule has 140 valence electrons. The number of halogens is 1. The van der Waals surface area contributed by atoms with Crippen molar-refractivity contribution in [1.29, 1.82) is 0 Å². The van der Waals surface area contributed by atoms with Crippen LogP contribution in [-0.4, -0.2) is 29.3 Å². The number of amides is 1. The maximum atomic E-state index is 12.6. The number of hydrogen-bond acceptors (Lipinski definition) is 5. The van der Waals surface area contributed by atoms with E-state index in [4.69, 9.17) is 16.3 Å². The summed E-state index contributed by atoms with van der Waals surface area (Å²) < 4.78 is 5.63. The van der Waals surface area contributed by atoms with Crippen molar-refractivity contribution in [3.8, 4) is 16.3 Å². The number of aryl methyl sites for hydroxylation is 1. The number of anilines is 1. The lowest BCUT2D eigenvalue weighted by Crippen LogP contribution is -2.34. The highest BCUT2D eigenvalue weighted by atomic mass is 35.5. The molecule has 0 bridgehead atoms. The molecule has 0 saturated heterocycles. The van der Waals surface area contributed by atoms with Gasteiger partial charge in [0.15, 0.2) is 6.61 Å². The summed E-state index contributed by atoms with van der Waals surface area (Å²) in [4.78, 5) is 14.2. The monoisotopic (exact) mass is 401 g/mol. The first-order valence-electron chi connectivity index (χ1n) is 8.72. The van der Waals surface area contributed by atoms with E-state index in [0.717, 1.165) is 17.0 Å². The highest BCUT2D eigenvalue weighted by Gasteiger charge is 2.19. The predicted octanol–water partition coefficient (Wildman–Crippen LogP) is 4.85. The lowest BCUT2D eigenvalue weighted by atomic mass is 10.2. The normalized spacial score (nSPS) is 10.6. The molecule has 0 radical (unpaired) electrons. The van der Waals surface area contributed by atoms with Gasteiger partial charge < -0.3 is 4.74 Å². The molecule has 2 aromatic carbocycles. The molecule has 0 aliphatic rings. The number of rotatable bonds is 7. The molecular weight excluding hydrogens is 382 g/mol. The van der Waals surface area contributed by atoms with Crippen LogP contribution in [0.2, 0.25) is 5.02 Å². The van der Waals surface area contributed by atoms with Crippen LogP contribution in [0.4, 0.5) is 5.13 Å². The molecule has 7 heteroatoms. The van der Waals surface area contributed by atoms with Crippen molar-refractivity contribution < 1.29 is 9.53 Å². The number of carbonyl (C=O) groups is 1. The van der Waals surface area contributed by atoms with Gasteiger partial charge in [0.25, 0.3) is 5.91 Å². The molecule has 0 aliphatic heterocycles. The minimum absolute atomic E-state index is 0.0465. The van der Waals surface area contributed by atoms with Gasteiger partial charge in [-0.2, -0.15) is 0 Å². The van der Waals surface area contributed by atoms with Gasteiger partial charge in [0, 0.05) is 17.1 Å². The van der Waals surface area contributed by atoms with Crippen molar-refractivity contribution >= 4 is 34.0 Å². The average Bonchev–Trinajstić information content (AvgIpc) is 3.17. The largest absolute Gasteiger partial charge is 0.484 e. The molecule has 0 aliphatic carbocycles. The molecule has 1 heterocycles. The van der Waals surface area contributed by atoms with E-state index in [2.05, 4.69) is 17.1 Å². The van der Waals surface area contributed by atoms with Crippen molar-refractivity contribution in [3.05, 3.63) is 59.1 Å². The van der Waals surface area contributed by atoms with Gasteiger partial charge in [-0.15, -0.1) is 10.2 Å². The second kappa shape index (κ2) is 8.97. The van der Waals surface area contributed by atoms with Crippen LogP contribution < -0.4 is 9.64 Å². The van der Waals surface area contributed by atoms with Crippen molar-refractivity contribution in [2.75, 3.05) is 18.1 Å². The van der Waals surface area contributed by atoms with Gasteiger partial charge in [0.1, 0.15) is 10.8 Å². The molecule has 3 rings (SSSR count). The zero-order valence-corrected chi connectivity index (χ0v) is 16.8. The Bertz CT molecular complexity index is 894. The van der Waals surface area contributed by atoms with Crippen LogP contribution in [0, 0.1) is 0 Å². The molecule has 0 fully saturated rings. The molecule has 1 aromatic heterocycles. The van der Waals surface area contributed by atoms with E-state index in [0.29, 0.717) is 22.4 Å². The van der Waals surface area contributed by atoms with Crippen LogP contribution in [-0.2, 0) is 11.2 Å². The number of benzene rings is 2. The summed E-state index contributed by atoms with van der Waals surface area (Å²) in [6.45, 7) is 4.44.